The first kappa shape index (κ1) is 17.5. The standard InChI is InChI=1S/C14H25N3OS2/c1-9(2)6-11(17-20(18)14(3,4)5)12-7-10(8-19-12)13(15)16/h7-9,11,17H,6H2,1-5H3,(H3,15,16)/t11?,20-/m0/s1. The van der Waals surface area contributed by atoms with Gasteiger partial charge in [0, 0.05) is 27.2 Å². The van der Waals surface area contributed by atoms with E-state index in [1.165, 1.54) is 0 Å². The van der Waals surface area contributed by atoms with Crippen LogP contribution in [-0.2, 0) is 11.4 Å². The largest absolute Gasteiger partial charge is 0.598 e. The van der Waals surface area contributed by atoms with Gasteiger partial charge in [0.15, 0.2) is 0 Å². The SMILES string of the molecule is CC(C)CC(N[S@@+]([O-])C(C)(C)C)c1cc(C(=N)N)cs1. The quantitative estimate of drug-likeness (QED) is 0.428. The topological polar surface area (TPSA) is 85.0 Å². The first-order chi connectivity index (χ1) is 9.11. The molecule has 0 aliphatic rings. The lowest BCUT2D eigenvalue weighted by Gasteiger charge is -2.28. The average Bonchev–Trinajstić information content (AvgIpc) is 2.75. The van der Waals surface area contributed by atoms with Crippen LogP contribution in [0.3, 0.4) is 0 Å². The van der Waals surface area contributed by atoms with Gasteiger partial charge in [0.25, 0.3) is 0 Å². The van der Waals surface area contributed by atoms with E-state index in [-0.39, 0.29) is 16.6 Å². The van der Waals surface area contributed by atoms with Gasteiger partial charge >= 0.3 is 0 Å². The van der Waals surface area contributed by atoms with Crippen LogP contribution in [0.15, 0.2) is 11.4 Å². The lowest BCUT2D eigenvalue weighted by molar-refractivity contribution is 0.466. The number of rotatable bonds is 6. The van der Waals surface area contributed by atoms with Crippen LogP contribution in [0, 0.1) is 11.3 Å². The van der Waals surface area contributed by atoms with Gasteiger partial charge in [-0.3, -0.25) is 5.41 Å². The third-order valence-corrected chi connectivity index (χ3v) is 5.44. The molecule has 6 heteroatoms. The zero-order chi connectivity index (χ0) is 15.5. The van der Waals surface area contributed by atoms with Crippen LogP contribution in [0.1, 0.15) is 57.5 Å². The molecule has 2 atom stereocenters. The Bertz CT molecular complexity index is 452. The van der Waals surface area contributed by atoms with Crippen molar-refractivity contribution in [3.63, 3.8) is 0 Å². The molecule has 20 heavy (non-hydrogen) atoms. The lowest BCUT2D eigenvalue weighted by Crippen LogP contribution is -2.41. The number of thiophene rings is 1. The van der Waals surface area contributed by atoms with Crippen molar-refractivity contribution in [2.24, 2.45) is 11.7 Å². The monoisotopic (exact) mass is 315 g/mol. The van der Waals surface area contributed by atoms with E-state index in [1.54, 1.807) is 11.3 Å². The second-order valence-electron chi connectivity index (χ2n) is 6.33. The molecule has 4 nitrogen and oxygen atoms in total. The van der Waals surface area contributed by atoms with Crippen molar-refractivity contribution in [1.82, 2.24) is 4.72 Å². The summed E-state index contributed by atoms with van der Waals surface area (Å²) in [6.07, 6.45) is 0.902. The van der Waals surface area contributed by atoms with Crippen LogP contribution in [0.5, 0.6) is 0 Å². The summed E-state index contributed by atoms with van der Waals surface area (Å²) in [5.41, 5.74) is 6.25. The minimum atomic E-state index is -1.11. The minimum absolute atomic E-state index is 0.0353. The molecule has 0 saturated heterocycles. The van der Waals surface area contributed by atoms with Crippen LogP contribution in [0.25, 0.3) is 0 Å². The van der Waals surface area contributed by atoms with E-state index < -0.39 is 11.4 Å². The highest BCUT2D eigenvalue weighted by Crippen LogP contribution is 2.29. The zero-order valence-electron chi connectivity index (χ0n) is 12.8. The molecule has 0 spiro atoms. The van der Waals surface area contributed by atoms with Gasteiger partial charge in [0.1, 0.15) is 10.6 Å². The fourth-order valence-electron chi connectivity index (χ4n) is 1.68. The van der Waals surface area contributed by atoms with Crippen molar-refractivity contribution in [1.29, 1.82) is 5.41 Å². The molecule has 1 aromatic heterocycles. The van der Waals surface area contributed by atoms with Crippen molar-refractivity contribution in [3.8, 4) is 0 Å². The van der Waals surface area contributed by atoms with E-state index in [2.05, 4.69) is 18.6 Å². The normalized spacial score (nSPS) is 15.3. The van der Waals surface area contributed by atoms with Crippen molar-refractivity contribution in [2.45, 2.75) is 51.8 Å². The minimum Gasteiger partial charge on any atom is -0.598 e. The number of nitrogens with one attached hydrogen (secondary N) is 2. The van der Waals surface area contributed by atoms with Gasteiger partial charge in [-0.2, -0.15) is 0 Å². The summed E-state index contributed by atoms with van der Waals surface area (Å²) >= 11 is 0.449. The fraction of sp³-hybridized carbons (Fsp3) is 0.643. The van der Waals surface area contributed by atoms with Gasteiger partial charge in [-0.05, 0) is 39.2 Å². The Hall–Kier alpha value is -0.560. The van der Waals surface area contributed by atoms with E-state index >= 15 is 0 Å². The maximum atomic E-state index is 12.3. The predicted octanol–water partition coefficient (Wildman–Crippen LogP) is 3.17. The molecule has 0 amide bonds. The summed E-state index contributed by atoms with van der Waals surface area (Å²) in [5, 5.41) is 9.36. The Morgan fingerprint density at radius 3 is 2.50 bits per heavy atom. The molecule has 4 N–H and O–H groups in total. The molecule has 0 aliphatic carbocycles. The number of nitrogen functional groups attached to an aromatic ring is 1. The second-order valence-corrected chi connectivity index (χ2v) is 9.27. The molecule has 114 valence electrons. The van der Waals surface area contributed by atoms with Crippen LogP contribution >= 0.6 is 11.3 Å². The molecule has 0 saturated carbocycles. The Balaban J connectivity index is 2.90. The van der Waals surface area contributed by atoms with Gasteiger partial charge in [0.2, 0.25) is 0 Å². The fourth-order valence-corrected chi connectivity index (χ4v) is 3.56. The van der Waals surface area contributed by atoms with Crippen molar-refractivity contribution < 1.29 is 4.55 Å². The lowest BCUT2D eigenvalue weighted by atomic mass is 10.0. The first-order valence-electron chi connectivity index (χ1n) is 6.72. The van der Waals surface area contributed by atoms with Crippen LogP contribution in [0.4, 0.5) is 0 Å². The Labute approximate surface area is 129 Å². The molecule has 1 aromatic rings. The number of nitrogens with two attached hydrogens (primary N) is 1. The summed E-state index contributed by atoms with van der Waals surface area (Å²) in [5.74, 6) is 0.570. The van der Waals surface area contributed by atoms with E-state index in [9.17, 15) is 4.55 Å². The van der Waals surface area contributed by atoms with E-state index in [0.29, 0.717) is 5.92 Å². The summed E-state index contributed by atoms with van der Waals surface area (Å²) in [6, 6.07) is 1.96. The van der Waals surface area contributed by atoms with E-state index in [4.69, 9.17) is 11.1 Å². The molecular formula is C14H25N3OS2. The van der Waals surface area contributed by atoms with Crippen LogP contribution in [-0.4, -0.2) is 15.1 Å². The first-order valence-corrected chi connectivity index (χ1v) is 8.75. The number of hydrogen-bond acceptors (Lipinski definition) is 4. The molecule has 1 unspecified atom stereocenters. The summed E-state index contributed by atoms with van der Waals surface area (Å²) in [6.45, 7) is 10.2. The summed E-state index contributed by atoms with van der Waals surface area (Å²) in [7, 11) is 0. The number of hydrogen-bond donors (Lipinski definition) is 3. The maximum Gasteiger partial charge on any atom is 0.136 e. The van der Waals surface area contributed by atoms with Gasteiger partial charge in [-0.25, -0.2) is 0 Å². The Kier molecular flexibility index (Phi) is 6.06. The number of amidine groups is 1. The summed E-state index contributed by atoms with van der Waals surface area (Å²) < 4.78 is 15.2. The maximum absolute atomic E-state index is 12.3. The molecule has 0 fully saturated rings. The highest BCUT2D eigenvalue weighted by Gasteiger charge is 2.30. The second kappa shape index (κ2) is 6.93. The van der Waals surface area contributed by atoms with Gasteiger partial charge in [-0.15, -0.1) is 16.1 Å². The van der Waals surface area contributed by atoms with Gasteiger partial charge in [0.05, 0.1) is 6.04 Å². The van der Waals surface area contributed by atoms with Crippen molar-refractivity contribution in [2.75, 3.05) is 0 Å². The molecule has 1 heterocycles. The molecule has 0 aromatic carbocycles. The van der Waals surface area contributed by atoms with Crippen molar-refractivity contribution >= 4 is 28.5 Å². The van der Waals surface area contributed by atoms with Gasteiger partial charge < -0.3 is 10.3 Å². The molecule has 0 aliphatic heterocycles. The smallest absolute Gasteiger partial charge is 0.136 e. The predicted molar refractivity (Wildman–Crippen MR) is 88.6 cm³/mol. The van der Waals surface area contributed by atoms with Crippen molar-refractivity contribution in [3.05, 3.63) is 21.9 Å². The van der Waals surface area contributed by atoms with Crippen LogP contribution in [0.2, 0.25) is 0 Å². The molecule has 1 rings (SSSR count). The van der Waals surface area contributed by atoms with Crippen LogP contribution < -0.4 is 10.5 Å². The summed E-state index contributed by atoms with van der Waals surface area (Å²) in [4.78, 5) is 1.08. The Morgan fingerprint density at radius 1 is 1.50 bits per heavy atom. The average molecular weight is 316 g/mol. The third kappa shape index (κ3) is 5.09. The van der Waals surface area contributed by atoms with Gasteiger partial charge in [-0.1, -0.05) is 13.8 Å². The Morgan fingerprint density at radius 2 is 2.10 bits per heavy atom. The molecular weight excluding hydrogens is 290 g/mol. The van der Waals surface area contributed by atoms with E-state index in [0.717, 1.165) is 16.9 Å². The molecule has 0 radical (unpaired) electrons. The molecule has 0 bridgehead atoms. The third-order valence-electron chi connectivity index (χ3n) is 2.79. The zero-order valence-corrected chi connectivity index (χ0v) is 14.5. The van der Waals surface area contributed by atoms with E-state index in [1.807, 2.05) is 32.2 Å². The highest BCUT2D eigenvalue weighted by molar-refractivity contribution is 7.90. The highest BCUT2D eigenvalue weighted by atomic mass is 32.2.